The molecule has 0 atom stereocenters. The third-order valence-corrected chi connectivity index (χ3v) is 2.07. The number of nitrogen functional groups attached to an aromatic ring is 1. The summed E-state index contributed by atoms with van der Waals surface area (Å²) >= 11 is 0. The SMILES string of the molecule is Nc1nc(NCc2cccc([N+](=O)[O-])c2)n[nH]1. The third kappa shape index (κ3) is 2.68. The first-order valence-electron chi connectivity index (χ1n) is 4.80. The van der Waals surface area contributed by atoms with Crippen LogP contribution in [-0.4, -0.2) is 20.1 Å². The van der Waals surface area contributed by atoms with Crippen molar-refractivity contribution in [1.29, 1.82) is 0 Å². The Morgan fingerprint density at radius 3 is 3.00 bits per heavy atom. The van der Waals surface area contributed by atoms with Crippen molar-refractivity contribution in [3.63, 3.8) is 0 Å². The van der Waals surface area contributed by atoms with Gasteiger partial charge in [0.25, 0.3) is 5.69 Å². The molecule has 0 saturated carbocycles. The maximum absolute atomic E-state index is 10.6. The van der Waals surface area contributed by atoms with Crippen LogP contribution in [-0.2, 0) is 6.54 Å². The average Bonchev–Trinajstić information content (AvgIpc) is 2.73. The predicted octanol–water partition coefficient (Wildman–Crippen LogP) is 0.907. The van der Waals surface area contributed by atoms with Gasteiger partial charge in [-0.2, -0.15) is 4.98 Å². The van der Waals surface area contributed by atoms with Gasteiger partial charge in [-0.05, 0) is 5.56 Å². The number of nitro benzene ring substituents is 1. The van der Waals surface area contributed by atoms with Gasteiger partial charge in [0.1, 0.15) is 0 Å². The molecule has 0 unspecified atom stereocenters. The minimum Gasteiger partial charge on any atom is -0.368 e. The fraction of sp³-hybridized carbons (Fsp3) is 0.111. The van der Waals surface area contributed by atoms with E-state index in [0.29, 0.717) is 12.5 Å². The lowest BCUT2D eigenvalue weighted by atomic mass is 10.2. The fourth-order valence-electron chi connectivity index (χ4n) is 1.31. The fourth-order valence-corrected chi connectivity index (χ4v) is 1.31. The Bertz CT molecular complexity index is 538. The summed E-state index contributed by atoms with van der Waals surface area (Å²) in [7, 11) is 0. The molecule has 4 N–H and O–H groups in total. The number of rotatable bonds is 4. The molecule has 0 bridgehead atoms. The maximum atomic E-state index is 10.6. The van der Waals surface area contributed by atoms with Crippen LogP contribution in [0.5, 0.6) is 0 Å². The molecule has 1 aromatic heterocycles. The number of nitrogens with two attached hydrogens (primary N) is 1. The van der Waals surface area contributed by atoms with E-state index < -0.39 is 4.92 Å². The van der Waals surface area contributed by atoms with E-state index in [1.54, 1.807) is 12.1 Å². The highest BCUT2D eigenvalue weighted by Gasteiger charge is 2.06. The lowest BCUT2D eigenvalue weighted by Gasteiger charge is -2.01. The first-order valence-corrected chi connectivity index (χ1v) is 4.80. The number of H-pyrrole nitrogens is 1. The normalized spacial score (nSPS) is 10.1. The number of nitro groups is 1. The van der Waals surface area contributed by atoms with Gasteiger partial charge in [0.05, 0.1) is 4.92 Å². The quantitative estimate of drug-likeness (QED) is 0.533. The predicted molar refractivity (Wildman–Crippen MR) is 61.2 cm³/mol. The molecule has 0 aliphatic carbocycles. The van der Waals surface area contributed by atoms with Gasteiger partial charge < -0.3 is 11.1 Å². The first-order chi connectivity index (χ1) is 8.15. The monoisotopic (exact) mass is 234 g/mol. The van der Waals surface area contributed by atoms with Crippen molar-refractivity contribution in [2.45, 2.75) is 6.54 Å². The van der Waals surface area contributed by atoms with Gasteiger partial charge in [-0.3, -0.25) is 10.1 Å². The van der Waals surface area contributed by atoms with Crippen LogP contribution in [0.2, 0.25) is 0 Å². The van der Waals surface area contributed by atoms with E-state index in [2.05, 4.69) is 20.5 Å². The Kier molecular flexibility index (Phi) is 2.86. The molecule has 2 rings (SSSR count). The second kappa shape index (κ2) is 4.47. The van der Waals surface area contributed by atoms with E-state index in [4.69, 9.17) is 5.73 Å². The van der Waals surface area contributed by atoms with Crippen LogP contribution in [0, 0.1) is 10.1 Å². The summed E-state index contributed by atoms with van der Waals surface area (Å²) in [4.78, 5) is 14.0. The number of benzene rings is 1. The topological polar surface area (TPSA) is 123 Å². The smallest absolute Gasteiger partial charge is 0.269 e. The minimum absolute atomic E-state index is 0.0544. The molecule has 0 saturated heterocycles. The summed E-state index contributed by atoms with van der Waals surface area (Å²) in [6, 6.07) is 6.33. The highest BCUT2D eigenvalue weighted by atomic mass is 16.6. The van der Waals surface area contributed by atoms with Crippen molar-refractivity contribution in [3.8, 4) is 0 Å². The Balaban J connectivity index is 2.04. The zero-order valence-corrected chi connectivity index (χ0v) is 8.75. The molecule has 8 nitrogen and oxygen atoms in total. The Morgan fingerprint density at radius 1 is 1.53 bits per heavy atom. The molecule has 0 aliphatic rings. The zero-order chi connectivity index (χ0) is 12.3. The molecule has 8 heteroatoms. The van der Waals surface area contributed by atoms with Crippen LogP contribution in [0.25, 0.3) is 0 Å². The highest BCUT2D eigenvalue weighted by Crippen LogP contribution is 2.13. The summed E-state index contributed by atoms with van der Waals surface area (Å²) in [6.07, 6.45) is 0. The summed E-state index contributed by atoms with van der Waals surface area (Å²) in [5.74, 6) is 0.570. The van der Waals surface area contributed by atoms with Gasteiger partial charge in [0, 0.05) is 18.7 Å². The Hall–Kier alpha value is -2.64. The Labute approximate surface area is 96.0 Å². The number of non-ortho nitro benzene ring substituents is 1. The summed E-state index contributed by atoms with van der Waals surface area (Å²) in [5.41, 5.74) is 6.17. The lowest BCUT2D eigenvalue weighted by Crippen LogP contribution is -2.01. The Morgan fingerprint density at radius 2 is 2.35 bits per heavy atom. The van der Waals surface area contributed by atoms with Crippen molar-refractivity contribution >= 4 is 17.6 Å². The second-order valence-corrected chi connectivity index (χ2v) is 3.32. The minimum atomic E-state index is -0.436. The van der Waals surface area contributed by atoms with Crippen molar-refractivity contribution in [2.24, 2.45) is 0 Å². The van der Waals surface area contributed by atoms with E-state index >= 15 is 0 Å². The standard InChI is InChI=1S/C9H10N6O2/c10-8-12-9(14-13-8)11-5-6-2-1-3-7(4-6)15(16)17/h1-4H,5H2,(H4,10,11,12,13,14). The molecular weight excluding hydrogens is 224 g/mol. The number of aromatic nitrogens is 3. The van der Waals surface area contributed by atoms with E-state index in [1.807, 2.05) is 0 Å². The molecule has 0 spiro atoms. The van der Waals surface area contributed by atoms with Crippen molar-refractivity contribution in [3.05, 3.63) is 39.9 Å². The molecule has 88 valence electrons. The molecule has 1 aromatic carbocycles. The molecule has 0 fully saturated rings. The van der Waals surface area contributed by atoms with E-state index in [-0.39, 0.29) is 11.6 Å². The van der Waals surface area contributed by atoms with E-state index in [1.165, 1.54) is 12.1 Å². The van der Waals surface area contributed by atoms with Crippen molar-refractivity contribution in [2.75, 3.05) is 11.1 Å². The number of nitrogens with zero attached hydrogens (tertiary/aromatic N) is 3. The van der Waals surface area contributed by atoms with Crippen LogP contribution < -0.4 is 11.1 Å². The van der Waals surface area contributed by atoms with Crippen LogP contribution in [0.15, 0.2) is 24.3 Å². The molecule has 0 aliphatic heterocycles. The van der Waals surface area contributed by atoms with Crippen molar-refractivity contribution < 1.29 is 4.92 Å². The molecule has 2 aromatic rings. The number of hydrogen-bond donors (Lipinski definition) is 3. The lowest BCUT2D eigenvalue weighted by molar-refractivity contribution is -0.384. The number of anilines is 2. The molecule has 0 amide bonds. The molecule has 0 radical (unpaired) electrons. The summed E-state index contributed by atoms with van der Waals surface area (Å²) < 4.78 is 0. The van der Waals surface area contributed by atoms with Crippen LogP contribution in [0.3, 0.4) is 0 Å². The summed E-state index contributed by atoms with van der Waals surface area (Å²) in [6.45, 7) is 0.388. The van der Waals surface area contributed by atoms with Crippen LogP contribution >= 0.6 is 0 Å². The maximum Gasteiger partial charge on any atom is 0.269 e. The van der Waals surface area contributed by atoms with E-state index in [0.717, 1.165) is 5.56 Å². The second-order valence-electron chi connectivity index (χ2n) is 3.32. The van der Waals surface area contributed by atoms with Gasteiger partial charge in [-0.15, -0.1) is 5.10 Å². The average molecular weight is 234 g/mol. The van der Waals surface area contributed by atoms with Gasteiger partial charge in [-0.1, -0.05) is 12.1 Å². The zero-order valence-electron chi connectivity index (χ0n) is 8.75. The van der Waals surface area contributed by atoms with Crippen LogP contribution in [0.4, 0.5) is 17.6 Å². The first kappa shape index (κ1) is 10.9. The number of hydrogen-bond acceptors (Lipinski definition) is 6. The largest absolute Gasteiger partial charge is 0.368 e. The number of nitrogens with one attached hydrogen (secondary N) is 2. The molecule has 17 heavy (non-hydrogen) atoms. The van der Waals surface area contributed by atoms with Crippen molar-refractivity contribution in [1.82, 2.24) is 15.2 Å². The van der Waals surface area contributed by atoms with Gasteiger partial charge >= 0.3 is 0 Å². The van der Waals surface area contributed by atoms with Gasteiger partial charge in [0.15, 0.2) is 0 Å². The van der Waals surface area contributed by atoms with Gasteiger partial charge in [0.2, 0.25) is 11.9 Å². The molecular formula is C9H10N6O2. The van der Waals surface area contributed by atoms with E-state index in [9.17, 15) is 10.1 Å². The van der Waals surface area contributed by atoms with Crippen LogP contribution in [0.1, 0.15) is 5.56 Å². The van der Waals surface area contributed by atoms with Gasteiger partial charge in [-0.25, -0.2) is 5.10 Å². The summed E-state index contributed by atoms with van der Waals surface area (Å²) in [5, 5.41) is 19.7. The molecule has 1 heterocycles. The number of aromatic amines is 1. The third-order valence-electron chi connectivity index (χ3n) is 2.07. The highest BCUT2D eigenvalue weighted by molar-refractivity contribution is 5.37.